The van der Waals surface area contributed by atoms with Gasteiger partial charge in [0.15, 0.2) is 0 Å². The maximum atomic E-state index is 5.22. The van der Waals surface area contributed by atoms with Gasteiger partial charge in [0.25, 0.3) is 0 Å². The minimum absolute atomic E-state index is 0.718. The van der Waals surface area contributed by atoms with Gasteiger partial charge in [0, 0.05) is 31.6 Å². The molecule has 0 saturated carbocycles. The molecule has 0 aromatic rings. The van der Waals surface area contributed by atoms with Gasteiger partial charge in [-0.25, -0.2) is 0 Å². The summed E-state index contributed by atoms with van der Waals surface area (Å²) >= 11 is 0. The summed E-state index contributed by atoms with van der Waals surface area (Å²) < 4.78 is 0. The van der Waals surface area contributed by atoms with Crippen LogP contribution >= 0.6 is 0 Å². The fourth-order valence-electron chi connectivity index (χ4n) is 2.65. The summed E-state index contributed by atoms with van der Waals surface area (Å²) in [5.74, 6) is 2.68. The highest BCUT2D eigenvalue weighted by Gasteiger charge is 2.36. The fourth-order valence-corrected chi connectivity index (χ4v) is 2.65. The van der Waals surface area contributed by atoms with E-state index in [4.69, 9.17) is 6.42 Å². The molecule has 0 spiro atoms. The first-order valence-corrected chi connectivity index (χ1v) is 5.32. The minimum Gasteiger partial charge on any atom is -0.311 e. The number of nitrogens with one attached hydrogen (secondary N) is 1. The Morgan fingerprint density at radius 3 is 3.15 bits per heavy atom. The van der Waals surface area contributed by atoms with Crippen LogP contribution in [0, 0.1) is 12.3 Å². The van der Waals surface area contributed by atoms with Crippen molar-refractivity contribution in [2.75, 3.05) is 19.6 Å². The number of rotatable bonds is 3. The minimum atomic E-state index is 0.718. The number of fused-ring (bicyclic) bond motifs is 1. The van der Waals surface area contributed by atoms with E-state index in [-0.39, 0.29) is 0 Å². The summed E-state index contributed by atoms with van der Waals surface area (Å²) in [6.07, 6.45) is 10.2. The number of terminal acetylenes is 1. The summed E-state index contributed by atoms with van der Waals surface area (Å²) in [6, 6.07) is 1.54. The van der Waals surface area contributed by atoms with Crippen molar-refractivity contribution in [2.24, 2.45) is 0 Å². The molecule has 0 aliphatic carbocycles. The molecule has 0 aromatic heterocycles. The lowest BCUT2D eigenvalue weighted by Crippen LogP contribution is -2.39. The van der Waals surface area contributed by atoms with Crippen LogP contribution in [0.3, 0.4) is 0 Å². The molecule has 2 saturated heterocycles. The summed E-state index contributed by atoms with van der Waals surface area (Å²) in [7, 11) is 0. The molecular formula is C11H18N2. The van der Waals surface area contributed by atoms with E-state index in [9.17, 15) is 0 Å². The van der Waals surface area contributed by atoms with E-state index < -0.39 is 0 Å². The standard InChI is InChI=1S/C11H18N2/c1-2-3-7-12-10-6-9-13-8-4-5-11(10)13/h1,10-12H,3-9H2. The van der Waals surface area contributed by atoms with Crippen LogP contribution < -0.4 is 5.32 Å². The molecule has 2 atom stereocenters. The van der Waals surface area contributed by atoms with Crippen LogP contribution in [0.4, 0.5) is 0 Å². The Kier molecular flexibility index (Phi) is 2.87. The first-order valence-electron chi connectivity index (χ1n) is 5.32. The molecule has 72 valence electrons. The van der Waals surface area contributed by atoms with Crippen LogP contribution in [0.1, 0.15) is 25.7 Å². The Hall–Kier alpha value is -0.520. The number of hydrogen-bond donors (Lipinski definition) is 1. The van der Waals surface area contributed by atoms with E-state index in [1.807, 2.05) is 0 Å². The monoisotopic (exact) mass is 178 g/mol. The molecule has 2 aliphatic rings. The summed E-state index contributed by atoms with van der Waals surface area (Å²) in [5, 5.41) is 3.57. The molecule has 2 rings (SSSR count). The van der Waals surface area contributed by atoms with Gasteiger partial charge in [-0.05, 0) is 25.8 Å². The van der Waals surface area contributed by atoms with E-state index in [2.05, 4.69) is 16.1 Å². The van der Waals surface area contributed by atoms with Crippen molar-refractivity contribution in [1.29, 1.82) is 0 Å². The molecule has 13 heavy (non-hydrogen) atoms. The molecule has 1 N–H and O–H groups in total. The topological polar surface area (TPSA) is 15.3 Å². The Morgan fingerprint density at radius 2 is 2.31 bits per heavy atom. The van der Waals surface area contributed by atoms with Crippen LogP contribution in [0.15, 0.2) is 0 Å². The van der Waals surface area contributed by atoms with Gasteiger partial charge < -0.3 is 5.32 Å². The van der Waals surface area contributed by atoms with Crippen molar-refractivity contribution < 1.29 is 0 Å². The van der Waals surface area contributed by atoms with E-state index in [0.29, 0.717) is 0 Å². The molecule has 2 unspecified atom stereocenters. The van der Waals surface area contributed by atoms with Gasteiger partial charge in [0.05, 0.1) is 0 Å². The Bertz CT molecular complexity index is 207. The molecule has 0 bridgehead atoms. The molecule has 2 aliphatic heterocycles. The molecule has 0 amide bonds. The van der Waals surface area contributed by atoms with Crippen molar-refractivity contribution in [3.8, 4) is 12.3 Å². The molecule has 2 nitrogen and oxygen atoms in total. The quantitative estimate of drug-likeness (QED) is 0.509. The van der Waals surface area contributed by atoms with Gasteiger partial charge in [-0.3, -0.25) is 4.90 Å². The zero-order valence-corrected chi connectivity index (χ0v) is 8.13. The van der Waals surface area contributed by atoms with Crippen molar-refractivity contribution >= 4 is 0 Å². The molecule has 2 fully saturated rings. The van der Waals surface area contributed by atoms with Crippen LogP contribution in [0.25, 0.3) is 0 Å². The van der Waals surface area contributed by atoms with Crippen LogP contribution in [0.5, 0.6) is 0 Å². The SMILES string of the molecule is C#CCCNC1CCN2CCCC12. The van der Waals surface area contributed by atoms with E-state index in [1.165, 1.54) is 32.4 Å². The lowest BCUT2D eigenvalue weighted by Gasteiger charge is -2.20. The molecular weight excluding hydrogens is 160 g/mol. The average molecular weight is 178 g/mol. The molecule has 2 heterocycles. The smallest absolute Gasteiger partial charge is 0.0250 e. The van der Waals surface area contributed by atoms with Gasteiger partial charge >= 0.3 is 0 Å². The van der Waals surface area contributed by atoms with Crippen LogP contribution in [-0.4, -0.2) is 36.6 Å². The first-order chi connectivity index (χ1) is 6.42. The van der Waals surface area contributed by atoms with Crippen molar-refractivity contribution in [3.63, 3.8) is 0 Å². The van der Waals surface area contributed by atoms with Crippen molar-refractivity contribution in [1.82, 2.24) is 10.2 Å². The van der Waals surface area contributed by atoms with Crippen molar-refractivity contribution in [3.05, 3.63) is 0 Å². The van der Waals surface area contributed by atoms with Gasteiger partial charge in [-0.1, -0.05) is 0 Å². The number of hydrogen-bond acceptors (Lipinski definition) is 2. The predicted molar refractivity (Wildman–Crippen MR) is 54.5 cm³/mol. The normalized spacial score (nSPS) is 33.2. The van der Waals surface area contributed by atoms with Gasteiger partial charge in [-0.15, -0.1) is 12.3 Å². The van der Waals surface area contributed by atoms with Gasteiger partial charge in [-0.2, -0.15) is 0 Å². The zero-order valence-electron chi connectivity index (χ0n) is 8.13. The zero-order chi connectivity index (χ0) is 9.10. The highest BCUT2D eigenvalue weighted by Crippen LogP contribution is 2.27. The maximum Gasteiger partial charge on any atom is 0.0250 e. The van der Waals surface area contributed by atoms with Gasteiger partial charge in [0.1, 0.15) is 0 Å². The summed E-state index contributed by atoms with van der Waals surface area (Å²) in [6.45, 7) is 3.60. The fraction of sp³-hybridized carbons (Fsp3) is 0.818. The summed E-state index contributed by atoms with van der Waals surface area (Å²) in [5.41, 5.74) is 0. The Morgan fingerprint density at radius 1 is 1.38 bits per heavy atom. The van der Waals surface area contributed by atoms with E-state index in [1.54, 1.807) is 0 Å². The second-order valence-electron chi connectivity index (χ2n) is 4.05. The third-order valence-corrected chi connectivity index (χ3v) is 3.28. The number of nitrogens with zero attached hydrogens (tertiary/aromatic N) is 1. The predicted octanol–water partition coefficient (Wildman–Crippen LogP) is 0.836. The largest absolute Gasteiger partial charge is 0.311 e. The summed E-state index contributed by atoms with van der Waals surface area (Å²) in [4.78, 5) is 2.62. The first kappa shape index (κ1) is 9.05. The lowest BCUT2D eigenvalue weighted by atomic mass is 10.1. The van der Waals surface area contributed by atoms with Crippen LogP contribution in [-0.2, 0) is 0 Å². The Labute approximate surface area is 80.7 Å². The third kappa shape index (κ3) is 1.87. The van der Waals surface area contributed by atoms with Crippen LogP contribution in [0.2, 0.25) is 0 Å². The maximum absolute atomic E-state index is 5.22. The lowest BCUT2D eigenvalue weighted by molar-refractivity contribution is 0.300. The Balaban J connectivity index is 1.77. The highest BCUT2D eigenvalue weighted by molar-refractivity contribution is 4.96. The average Bonchev–Trinajstić information content (AvgIpc) is 2.68. The second-order valence-corrected chi connectivity index (χ2v) is 4.05. The van der Waals surface area contributed by atoms with E-state index >= 15 is 0 Å². The third-order valence-electron chi connectivity index (χ3n) is 3.28. The molecule has 0 aromatic carbocycles. The van der Waals surface area contributed by atoms with Crippen molar-refractivity contribution in [2.45, 2.75) is 37.8 Å². The second kappa shape index (κ2) is 4.13. The van der Waals surface area contributed by atoms with Gasteiger partial charge in [0.2, 0.25) is 0 Å². The molecule has 0 radical (unpaired) electrons. The molecule has 2 heteroatoms. The van der Waals surface area contributed by atoms with E-state index in [0.717, 1.165) is 25.0 Å². The highest BCUT2D eigenvalue weighted by atomic mass is 15.2.